The van der Waals surface area contributed by atoms with Gasteiger partial charge in [-0.2, -0.15) is 0 Å². The number of anilines is 1. The van der Waals surface area contributed by atoms with Gasteiger partial charge in [-0.3, -0.25) is 14.9 Å². The Balaban J connectivity index is 1.26. The number of amides is 2. The van der Waals surface area contributed by atoms with Gasteiger partial charge in [0.15, 0.2) is 0 Å². The highest BCUT2D eigenvalue weighted by Crippen LogP contribution is 2.51. The Morgan fingerprint density at radius 2 is 1.29 bits per heavy atom. The van der Waals surface area contributed by atoms with Crippen molar-refractivity contribution in [3.63, 3.8) is 0 Å². The normalized spacial score (nSPS) is 14.6. The molecule has 7 nitrogen and oxygen atoms in total. The predicted octanol–water partition coefficient (Wildman–Crippen LogP) is 9.14. The molecule has 7 rings (SSSR count). The van der Waals surface area contributed by atoms with E-state index in [9.17, 15) is 19.5 Å². The highest BCUT2D eigenvalue weighted by molar-refractivity contribution is 6.34. The van der Waals surface area contributed by atoms with Crippen molar-refractivity contribution in [3.05, 3.63) is 160 Å². The lowest BCUT2D eigenvalue weighted by molar-refractivity contribution is -0.148. The van der Waals surface area contributed by atoms with E-state index in [1.54, 1.807) is 23.1 Å². The standard InChI is InChI=1S/C43H39ClN2O5/c44-40-36(23-14-24-38(40)45-42(50)51-28-35-33-21-10-8-19-31(33)32-20-9-11-22-34(32)35)43(29-15-4-1-5-16-29,30-17-6-2-7-18-30)37(41(48)49)27-39(47)46-25-12-3-13-26-46/h1-2,4-11,14-24,35,37H,3,12-13,25-28H2,(H,45,50)(H,48,49). The van der Waals surface area contributed by atoms with Crippen molar-refractivity contribution in [1.82, 2.24) is 4.90 Å². The van der Waals surface area contributed by atoms with E-state index in [4.69, 9.17) is 16.3 Å². The van der Waals surface area contributed by atoms with Gasteiger partial charge in [-0.1, -0.05) is 133 Å². The molecule has 1 aliphatic heterocycles. The van der Waals surface area contributed by atoms with Gasteiger partial charge in [0.1, 0.15) is 6.61 Å². The molecular weight excluding hydrogens is 660 g/mol. The molecule has 5 aromatic rings. The van der Waals surface area contributed by atoms with Crippen LogP contribution in [-0.4, -0.2) is 47.7 Å². The summed E-state index contributed by atoms with van der Waals surface area (Å²) in [5.74, 6) is -2.69. The molecule has 1 aliphatic carbocycles. The van der Waals surface area contributed by atoms with E-state index in [1.165, 1.54) is 0 Å². The maximum absolute atomic E-state index is 13.8. The number of nitrogens with zero attached hydrogens (tertiary/aromatic N) is 1. The number of hydrogen-bond donors (Lipinski definition) is 2. The molecular formula is C43H39ClN2O5. The quantitative estimate of drug-likeness (QED) is 0.142. The van der Waals surface area contributed by atoms with E-state index >= 15 is 0 Å². The first-order chi connectivity index (χ1) is 24.9. The zero-order chi connectivity index (χ0) is 35.4. The average molecular weight is 699 g/mol. The van der Waals surface area contributed by atoms with Crippen LogP contribution in [0.4, 0.5) is 10.5 Å². The van der Waals surface area contributed by atoms with Crippen LogP contribution >= 0.6 is 11.6 Å². The summed E-state index contributed by atoms with van der Waals surface area (Å²) in [7, 11) is 0. The number of aliphatic carboxylic acids is 1. The summed E-state index contributed by atoms with van der Waals surface area (Å²) >= 11 is 7.27. The molecule has 0 spiro atoms. The molecule has 1 atom stereocenters. The van der Waals surface area contributed by atoms with Crippen molar-refractivity contribution >= 4 is 35.3 Å². The molecule has 258 valence electrons. The zero-order valence-corrected chi connectivity index (χ0v) is 28.9. The fourth-order valence-electron chi connectivity index (χ4n) is 8.02. The highest BCUT2D eigenvalue weighted by atomic mass is 35.5. The lowest BCUT2D eigenvalue weighted by atomic mass is 9.60. The minimum Gasteiger partial charge on any atom is -0.481 e. The second kappa shape index (κ2) is 14.8. The predicted molar refractivity (Wildman–Crippen MR) is 199 cm³/mol. The number of hydrogen-bond acceptors (Lipinski definition) is 4. The van der Waals surface area contributed by atoms with Crippen LogP contribution in [0.3, 0.4) is 0 Å². The number of carbonyl (C=O) groups is 3. The fourth-order valence-corrected chi connectivity index (χ4v) is 8.34. The van der Waals surface area contributed by atoms with Gasteiger partial charge in [-0.05, 0) is 64.3 Å². The smallest absolute Gasteiger partial charge is 0.411 e. The van der Waals surface area contributed by atoms with E-state index < -0.39 is 23.4 Å². The molecule has 1 unspecified atom stereocenters. The van der Waals surface area contributed by atoms with Gasteiger partial charge in [0.05, 0.1) is 22.0 Å². The Kier molecular flexibility index (Phi) is 9.91. The van der Waals surface area contributed by atoms with E-state index in [2.05, 4.69) is 29.6 Å². The van der Waals surface area contributed by atoms with E-state index in [-0.39, 0.29) is 35.6 Å². The van der Waals surface area contributed by atoms with Gasteiger partial charge in [-0.15, -0.1) is 0 Å². The summed E-state index contributed by atoms with van der Waals surface area (Å²) in [6.07, 6.45) is 1.90. The van der Waals surface area contributed by atoms with Gasteiger partial charge in [0.2, 0.25) is 5.91 Å². The van der Waals surface area contributed by atoms with Gasteiger partial charge in [0, 0.05) is 25.4 Å². The number of rotatable bonds is 10. The molecule has 2 aliphatic rings. The SMILES string of the molecule is O=C(Nc1cccc(C(c2ccccc2)(c2ccccc2)C(CC(=O)N2CCCCC2)C(=O)O)c1Cl)OCC1c2ccccc2-c2ccccc21. The Hall–Kier alpha value is -5.40. The minimum absolute atomic E-state index is 0.120. The fraction of sp³-hybridized carbons (Fsp3) is 0.233. The molecule has 8 heteroatoms. The number of halogens is 1. The van der Waals surface area contributed by atoms with Gasteiger partial charge in [-0.25, -0.2) is 4.79 Å². The van der Waals surface area contributed by atoms with Crippen molar-refractivity contribution in [2.45, 2.75) is 37.0 Å². The van der Waals surface area contributed by atoms with Crippen LogP contribution < -0.4 is 5.32 Å². The molecule has 0 radical (unpaired) electrons. The lowest BCUT2D eigenvalue weighted by Gasteiger charge is -2.42. The van der Waals surface area contributed by atoms with Crippen LogP contribution in [0.1, 0.15) is 59.4 Å². The number of piperidine rings is 1. The van der Waals surface area contributed by atoms with E-state index in [0.717, 1.165) is 41.5 Å². The first-order valence-electron chi connectivity index (χ1n) is 17.4. The van der Waals surface area contributed by atoms with Crippen LogP contribution in [0.15, 0.2) is 127 Å². The summed E-state index contributed by atoms with van der Waals surface area (Å²) in [6, 6.07) is 40.1. The number of carboxylic acid groups (broad SMARTS) is 1. The zero-order valence-electron chi connectivity index (χ0n) is 28.1. The van der Waals surface area contributed by atoms with Gasteiger partial charge < -0.3 is 14.7 Å². The molecule has 0 aromatic heterocycles. The number of carbonyl (C=O) groups excluding carboxylic acids is 2. The van der Waals surface area contributed by atoms with E-state index in [1.807, 2.05) is 84.9 Å². The topological polar surface area (TPSA) is 95.9 Å². The number of carboxylic acids is 1. The first-order valence-corrected chi connectivity index (χ1v) is 17.8. The maximum atomic E-state index is 13.8. The van der Waals surface area contributed by atoms with Crippen molar-refractivity contribution in [2.75, 3.05) is 25.0 Å². The van der Waals surface area contributed by atoms with Gasteiger partial charge >= 0.3 is 12.1 Å². The van der Waals surface area contributed by atoms with Crippen molar-refractivity contribution in [1.29, 1.82) is 0 Å². The van der Waals surface area contributed by atoms with E-state index in [0.29, 0.717) is 29.8 Å². The number of ether oxygens (including phenoxy) is 1. The van der Waals surface area contributed by atoms with Crippen molar-refractivity contribution < 1.29 is 24.2 Å². The number of likely N-dealkylation sites (tertiary alicyclic amines) is 1. The molecule has 1 fully saturated rings. The Morgan fingerprint density at radius 1 is 0.745 bits per heavy atom. The van der Waals surface area contributed by atoms with Crippen LogP contribution in [0.5, 0.6) is 0 Å². The number of fused-ring (bicyclic) bond motifs is 3. The monoisotopic (exact) mass is 698 g/mol. The molecule has 5 aromatic carbocycles. The maximum Gasteiger partial charge on any atom is 0.411 e. The number of nitrogens with one attached hydrogen (secondary N) is 1. The first kappa shape index (κ1) is 34.1. The Morgan fingerprint density at radius 3 is 1.86 bits per heavy atom. The third-order valence-electron chi connectivity index (χ3n) is 10.4. The second-order valence-electron chi connectivity index (χ2n) is 13.2. The largest absolute Gasteiger partial charge is 0.481 e. The van der Waals surface area contributed by atoms with Gasteiger partial charge in [0.25, 0.3) is 0 Å². The summed E-state index contributed by atoms with van der Waals surface area (Å²) in [6.45, 7) is 1.33. The molecule has 2 N–H and O–H groups in total. The second-order valence-corrected chi connectivity index (χ2v) is 13.6. The summed E-state index contributed by atoms with van der Waals surface area (Å²) in [5.41, 5.74) is 5.10. The number of benzene rings is 5. The summed E-state index contributed by atoms with van der Waals surface area (Å²) in [4.78, 5) is 42.6. The molecule has 0 bridgehead atoms. The highest BCUT2D eigenvalue weighted by Gasteiger charge is 2.50. The summed E-state index contributed by atoms with van der Waals surface area (Å²) in [5, 5.41) is 14.1. The molecule has 51 heavy (non-hydrogen) atoms. The Labute approximate surface area is 302 Å². The van der Waals surface area contributed by atoms with Crippen LogP contribution in [-0.2, 0) is 19.7 Å². The lowest BCUT2D eigenvalue weighted by Crippen LogP contribution is -2.46. The van der Waals surface area contributed by atoms with Crippen molar-refractivity contribution in [3.8, 4) is 11.1 Å². The van der Waals surface area contributed by atoms with Crippen LogP contribution in [0.25, 0.3) is 11.1 Å². The molecule has 0 saturated carbocycles. The van der Waals surface area contributed by atoms with Crippen LogP contribution in [0.2, 0.25) is 5.02 Å². The average Bonchev–Trinajstić information content (AvgIpc) is 3.49. The Bertz CT molecular complexity index is 1960. The third-order valence-corrected chi connectivity index (χ3v) is 10.8. The third kappa shape index (κ3) is 6.50. The molecule has 1 heterocycles. The van der Waals surface area contributed by atoms with Crippen molar-refractivity contribution in [2.24, 2.45) is 5.92 Å². The summed E-state index contributed by atoms with van der Waals surface area (Å²) < 4.78 is 5.85. The molecule has 1 saturated heterocycles. The van der Waals surface area contributed by atoms with Crippen LogP contribution in [0, 0.1) is 5.92 Å². The molecule has 2 amide bonds. The minimum atomic E-state index is -1.41.